The minimum absolute atomic E-state index is 0.0658. The highest BCUT2D eigenvalue weighted by Crippen LogP contribution is 2.47. The van der Waals surface area contributed by atoms with Gasteiger partial charge in [0, 0.05) is 19.6 Å². The fourth-order valence-corrected chi connectivity index (χ4v) is 3.64. The van der Waals surface area contributed by atoms with Crippen molar-refractivity contribution in [3.05, 3.63) is 23.3 Å². The van der Waals surface area contributed by atoms with Crippen LogP contribution in [0.2, 0.25) is 6.32 Å². The van der Waals surface area contributed by atoms with Crippen molar-refractivity contribution in [3.8, 4) is 11.5 Å². The van der Waals surface area contributed by atoms with Crippen molar-refractivity contribution in [3.63, 3.8) is 0 Å². The van der Waals surface area contributed by atoms with E-state index >= 15 is 0 Å². The molecule has 9 heteroatoms. The summed E-state index contributed by atoms with van der Waals surface area (Å²) in [7, 11) is -1.01. The van der Waals surface area contributed by atoms with E-state index in [1.807, 2.05) is 4.90 Å². The third-order valence-corrected chi connectivity index (χ3v) is 5.38. The molecule has 0 atom stereocenters. The molecule has 0 unspecified atom stereocenters. The van der Waals surface area contributed by atoms with Crippen LogP contribution in [0, 0.1) is 5.41 Å². The molecule has 0 spiro atoms. The molecule has 1 aromatic rings. The largest absolute Gasteiger partial charge is 0.535 e. The number of rotatable bonds is 6. The van der Waals surface area contributed by atoms with Gasteiger partial charge in [-0.05, 0) is 37.2 Å². The summed E-state index contributed by atoms with van der Waals surface area (Å²) in [5, 5.41) is 28.5. The number of hydrogen-bond acceptors (Lipinski definition) is 6. The number of nitrogens with zero attached hydrogens (tertiary/aromatic N) is 1. The molecule has 1 saturated carbocycles. The van der Waals surface area contributed by atoms with Crippen molar-refractivity contribution in [1.82, 2.24) is 4.90 Å². The highest BCUT2D eigenvalue weighted by molar-refractivity contribution is 6.44. The Morgan fingerprint density at radius 3 is 2.65 bits per heavy atom. The number of aliphatic carboxylic acids is 1. The fourth-order valence-electron chi connectivity index (χ4n) is 3.64. The second-order valence-electron chi connectivity index (χ2n) is 7.36. The van der Waals surface area contributed by atoms with Gasteiger partial charge in [-0.3, -0.25) is 9.69 Å². The maximum atomic E-state index is 11.7. The van der Waals surface area contributed by atoms with Gasteiger partial charge in [-0.1, -0.05) is 6.07 Å². The molecular formula is C17H20BNO7. The summed E-state index contributed by atoms with van der Waals surface area (Å²) in [5.41, 5.74) is 0.0730. The SMILES string of the molecule is O=C(O)c1c(OC2CN(CC3(C(=O)O)CC3)C2)ccc2c1OB(O)CC2. The van der Waals surface area contributed by atoms with E-state index < -0.39 is 24.5 Å². The highest BCUT2D eigenvalue weighted by atomic mass is 16.5. The molecule has 3 aliphatic rings. The molecule has 2 fully saturated rings. The lowest BCUT2D eigenvalue weighted by Crippen LogP contribution is -2.56. The number of likely N-dealkylation sites (tertiary alicyclic amines) is 1. The predicted octanol–water partition coefficient (Wildman–Crippen LogP) is 0.728. The Balaban J connectivity index is 1.44. The number of ether oxygens (including phenoxy) is 1. The number of aryl methyl sites for hydroxylation is 1. The summed E-state index contributed by atoms with van der Waals surface area (Å²) in [6.07, 6.45) is 2.20. The van der Waals surface area contributed by atoms with E-state index in [9.17, 15) is 24.8 Å². The number of carboxylic acid groups (broad SMARTS) is 2. The van der Waals surface area contributed by atoms with Crippen LogP contribution in [0.4, 0.5) is 0 Å². The van der Waals surface area contributed by atoms with Crippen LogP contribution in [0.5, 0.6) is 11.5 Å². The molecule has 1 aromatic carbocycles. The van der Waals surface area contributed by atoms with E-state index in [1.165, 1.54) is 0 Å². The third kappa shape index (κ3) is 3.01. The first-order valence-corrected chi connectivity index (χ1v) is 8.74. The van der Waals surface area contributed by atoms with E-state index in [4.69, 9.17) is 9.39 Å². The lowest BCUT2D eigenvalue weighted by molar-refractivity contribution is -0.145. The van der Waals surface area contributed by atoms with Gasteiger partial charge in [-0.15, -0.1) is 0 Å². The highest BCUT2D eigenvalue weighted by Gasteiger charge is 2.52. The first-order chi connectivity index (χ1) is 12.4. The van der Waals surface area contributed by atoms with Gasteiger partial charge in [-0.25, -0.2) is 4.79 Å². The van der Waals surface area contributed by atoms with Crippen LogP contribution in [0.3, 0.4) is 0 Å². The Labute approximate surface area is 150 Å². The van der Waals surface area contributed by atoms with Crippen LogP contribution in [0.1, 0.15) is 28.8 Å². The number of aromatic carboxylic acids is 1. The Hall–Kier alpha value is -2.26. The van der Waals surface area contributed by atoms with Gasteiger partial charge in [0.15, 0.2) is 0 Å². The molecule has 1 saturated heterocycles. The van der Waals surface area contributed by atoms with E-state index in [0.29, 0.717) is 45.2 Å². The average molecular weight is 361 g/mol. The monoisotopic (exact) mass is 361 g/mol. The lowest BCUT2D eigenvalue weighted by Gasteiger charge is -2.40. The smallest absolute Gasteiger partial charge is 0.522 e. The first-order valence-electron chi connectivity index (χ1n) is 8.74. The molecule has 1 aliphatic carbocycles. The van der Waals surface area contributed by atoms with Gasteiger partial charge >= 0.3 is 19.1 Å². The number of carbonyl (C=O) groups is 2. The Morgan fingerprint density at radius 2 is 2.04 bits per heavy atom. The van der Waals surface area contributed by atoms with Crippen LogP contribution in [0.15, 0.2) is 12.1 Å². The molecule has 8 nitrogen and oxygen atoms in total. The van der Waals surface area contributed by atoms with Gasteiger partial charge < -0.3 is 24.6 Å². The summed E-state index contributed by atoms with van der Waals surface area (Å²) in [5.74, 6) is -1.52. The van der Waals surface area contributed by atoms with Crippen LogP contribution < -0.4 is 9.39 Å². The fraction of sp³-hybridized carbons (Fsp3) is 0.529. The van der Waals surface area contributed by atoms with Crippen molar-refractivity contribution < 1.29 is 34.2 Å². The number of fused-ring (bicyclic) bond motifs is 1. The van der Waals surface area contributed by atoms with Crippen LogP contribution in [-0.4, -0.2) is 64.9 Å². The molecule has 138 valence electrons. The molecule has 0 amide bonds. The van der Waals surface area contributed by atoms with E-state index in [-0.39, 0.29) is 23.2 Å². The summed E-state index contributed by atoms with van der Waals surface area (Å²) in [6, 6.07) is 3.40. The molecule has 26 heavy (non-hydrogen) atoms. The van der Waals surface area contributed by atoms with Gasteiger partial charge in [0.1, 0.15) is 23.2 Å². The van der Waals surface area contributed by atoms with Gasteiger partial charge in [0.05, 0.1) is 5.41 Å². The van der Waals surface area contributed by atoms with E-state index in [0.717, 1.165) is 5.56 Å². The second-order valence-corrected chi connectivity index (χ2v) is 7.36. The normalized spacial score (nSPS) is 21.3. The molecule has 4 rings (SSSR count). The predicted molar refractivity (Wildman–Crippen MR) is 90.7 cm³/mol. The molecule has 2 heterocycles. The molecule has 0 bridgehead atoms. The molecular weight excluding hydrogens is 341 g/mol. The Morgan fingerprint density at radius 1 is 1.31 bits per heavy atom. The summed E-state index contributed by atoms with van der Waals surface area (Å²) in [6.45, 7) is 1.64. The Bertz CT molecular complexity index is 758. The lowest BCUT2D eigenvalue weighted by atomic mass is 9.78. The zero-order chi connectivity index (χ0) is 18.5. The molecule has 2 aliphatic heterocycles. The van der Waals surface area contributed by atoms with Crippen molar-refractivity contribution >= 4 is 19.1 Å². The number of hydrogen-bond donors (Lipinski definition) is 3. The quantitative estimate of drug-likeness (QED) is 0.635. The minimum Gasteiger partial charge on any atom is -0.535 e. The van der Waals surface area contributed by atoms with Crippen molar-refractivity contribution in [2.75, 3.05) is 19.6 Å². The van der Waals surface area contributed by atoms with Gasteiger partial charge in [-0.2, -0.15) is 0 Å². The minimum atomic E-state index is -1.16. The maximum Gasteiger partial charge on any atom is 0.522 e. The summed E-state index contributed by atoms with van der Waals surface area (Å²) < 4.78 is 11.2. The van der Waals surface area contributed by atoms with Gasteiger partial charge in [0.25, 0.3) is 0 Å². The van der Waals surface area contributed by atoms with E-state index in [2.05, 4.69) is 0 Å². The number of carboxylic acids is 2. The topological polar surface area (TPSA) is 117 Å². The molecule has 0 aromatic heterocycles. The first kappa shape index (κ1) is 17.2. The van der Waals surface area contributed by atoms with E-state index in [1.54, 1.807) is 12.1 Å². The van der Waals surface area contributed by atoms with Crippen LogP contribution in [-0.2, 0) is 11.2 Å². The van der Waals surface area contributed by atoms with Gasteiger partial charge in [0.2, 0.25) is 0 Å². The zero-order valence-corrected chi connectivity index (χ0v) is 14.2. The number of benzene rings is 1. The van der Waals surface area contributed by atoms with Crippen LogP contribution in [0.25, 0.3) is 0 Å². The summed E-state index contributed by atoms with van der Waals surface area (Å²) in [4.78, 5) is 25.0. The second kappa shape index (κ2) is 6.17. The van der Waals surface area contributed by atoms with Crippen molar-refractivity contribution in [1.29, 1.82) is 0 Å². The zero-order valence-electron chi connectivity index (χ0n) is 14.2. The molecule has 0 radical (unpaired) electrons. The van der Waals surface area contributed by atoms with Crippen molar-refractivity contribution in [2.45, 2.75) is 31.7 Å². The average Bonchev–Trinajstić information content (AvgIpc) is 3.33. The van der Waals surface area contributed by atoms with Crippen molar-refractivity contribution in [2.24, 2.45) is 5.41 Å². The van der Waals surface area contributed by atoms with Crippen LogP contribution >= 0.6 is 0 Å². The summed E-state index contributed by atoms with van der Waals surface area (Å²) >= 11 is 0. The third-order valence-electron chi connectivity index (χ3n) is 5.38. The Kier molecular flexibility index (Phi) is 4.08. The standard InChI is InChI=1S/C17H20BNO7/c20-15(21)13-12(2-1-10-3-6-18(24)26-14(10)13)25-11-7-19(8-11)9-17(4-5-17)16(22)23/h1-2,11,24H,3-9H2,(H,20,21)(H,22,23). The maximum absolute atomic E-state index is 11.7. The molecule has 3 N–H and O–H groups in total.